The van der Waals surface area contributed by atoms with E-state index in [9.17, 15) is 14.7 Å². The minimum atomic E-state index is -0.841. The van der Waals surface area contributed by atoms with Gasteiger partial charge in [0.05, 0.1) is 18.7 Å². The molecule has 0 aliphatic carbocycles. The average Bonchev–Trinajstić information content (AvgIpc) is 3.50. The van der Waals surface area contributed by atoms with E-state index in [-0.39, 0.29) is 11.3 Å². The SMILES string of the molecule is COc1ccc(/C(O)=C2/C(=O)C(=O)N(c3nnc(SCc4ccc(C)cc4)s3)C2c2ccccc2)cc1. The van der Waals surface area contributed by atoms with Gasteiger partial charge < -0.3 is 9.84 Å². The molecule has 1 N–H and O–H groups in total. The van der Waals surface area contributed by atoms with Crippen LogP contribution in [0.25, 0.3) is 5.76 Å². The minimum absolute atomic E-state index is 0.00502. The number of rotatable bonds is 7. The highest BCUT2D eigenvalue weighted by atomic mass is 32.2. The number of aliphatic hydroxyl groups excluding tert-OH is 1. The normalized spacial score (nSPS) is 16.8. The topological polar surface area (TPSA) is 92.6 Å². The third-order valence-corrected chi connectivity index (χ3v) is 8.13. The van der Waals surface area contributed by atoms with Gasteiger partial charge in [-0.1, -0.05) is 83.3 Å². The maximum Gasteiger partial charge on any atom is 0.301 e. The van der Waals surface area contributed by atoms with E-state index in [1.807, 2.05) is 37.3 Å². The van der Waals surface area contributed by atoms with Crippen LogP contribution in [0.2, 0.25) is 0 Å². The monoisotopic (exact) mass is 529 g/mol. The van der Waals surface area contributed by atoms with Crippen molar-refractivity contribution in [2.45, 2.75) is 23.1 Å². The number of methoxy groups -OCH3 is 1. The van der Waals surface area contributed by atoms with Gasteiger partial charge in [0, 0.05) is 11.3 Å². The lowest BCUT2D eigenvalue weighted by Crippen LogP contribution is -2.29. The highest BCUT2D eigenvalue weighted by Gasteiger charge is 2.48. The van der Waals surface area contributed by atoms with Gasteiger partial charge in [-0.05, 0) is 42.3 Å². The Bertz CT molecular complexity index is 1470. The van der Waals surface area contributed by atoms with Crippen molar-refractivity contribution in [1.29, 1.82) is 0 Å². The number of ether oxygens (including phenoxy) is 1. The fourth-order valence-electron chi connectivity index (χ4n) is 4.07. The van der Waals surface area contributed by atoms with Gasteiger partial charge in [-0.25, -0.2) is 0 Å². The van der Waals surface area contributed by atoms with E-state index in [1.165, 1.54) is 33.6 Å². The number of aromatic nitrogens is 2. The summed E-state index contributed by atoms with van der Waals surface area (Å²) in [6.07, 6.45) is 0. The molecule has 1 saturated heterocycles. The summed E-state index contributed by atoms with van der Waals surface area (Å²) in [5.74, 6) is -0.466. The first-order valence-electron chi connectivity index (χ1n) is 11.5. The summed E-state index contributed by atoms with van der Waals surface area (Å²) in [6.45, 7) is 2.04. The van der Waals surface area contributed by atoms with E-state index in [0.717, 1.165) is 5.56 Å². The maximum atomic E-state index is 13.3. The van der Waals surface area contributed by atoms with Crippen molar-refractivity contribution in [3.8, 4) is 5.75 Å². The van der Waals surface area contributed by atoms with Crippen LogP contribution in [0.15, 0.2) is 88.8 Å². The van der Waals surface area contributed by atoms with Crippen molar-refractivity contribution in [3.63, 3.8) is 0 Å². The van der Waals surface area contributed by atoms with Crippen molar-refractivity contribution < 1.29 is 19.4 Å². The molecule has 5 rings (SSSR count). The zero-order valence-electron chi connectivity index (χ0n) is 20.1. The molecule has 1 aliphatic heterocycles. The first-order chi connectivity index (χ1) is 18.0. The first kappa shape index (κ1) is 24.7. The molecule has 1 aromatic heterocycles. The van der Waals surface area contributed by atoms with E-state index in [0.29, 0.717) is 32.1 Å². The molecule has 7 nitrogen and oxygen atoms in total. The molecule has 0 spiro atoms. The molecule has 186 valence electrons. The van der Waals surface area contributed by atoms with Crippen LogP contribution in [0.1, 0.15) is 28.3 Å². The molecule has 0 radical (unpaired) electrons. The summed E-state index contributed by atoms with van der Waals surface area (Å²) >= 11 is 2.76. The zero-order valence-corrected chi connectivity index (χ0v) is 21.8. The summed E-state index contributed by atoms with van der Waals surface area (Å²) in [5, 5.41) is 20.0. The van der Waals surface area contributed by atoms with Gasteiger partial charge in [-0.15, -0.1) is 10.2 Å². The molecule has 9 heteroatoms. The Morgan fingerprint density at radius 1 is 1.00 bits per heavy atom. The number of aliphatic hydroxyl groups is 1. The lowest BCUT2D eigenvalue weighted by molar-refractivity contribution is -0.132. The molecule has 1 amide bonds. The fourth-order valence-corrected chi connectivity index (χ4v) is 5.90. The second kappa shape index (κ2) is 10.6. The number of carbonyl (C=O) groups is 2. The van der Waals surface area contributed by atoms with Crippen LogP contribution in [-0.4, -0.2) is 34.1 Å². The summed E-state index contributed by atoms with van der Waals surface area (Å²) in [6, 6.07) is 23.2. The summed E-state index contributed by atoms with van der Waals surface area (Å²) in [5.41, 5.74) is 3.44. The van der Waals surface area contributed by atoms with Crippen LogP contribution in [0.5, 0.6) is 5.75 Å². The summed E-state index contributed by atoms with van der Waals surface area (Å²) in [7, 11) is 1.55. The Labute approximate surface area is 222 Å². The number of ketones is 1. The summed E-state index contributed by atoms with van der Waals surface area (Å²) in [4.78, 5) is 27.9. The number of nitrogens with zero attached hydrogens (tertiary/aromatic N) is 3. The quantitative estimate of drug-likeness (QED) is 0.107. The maximum absolute atomic E-state index is 13.3. The number of amides is 1. The molecule has 37 heavy (non-hydrogen) atoms. The van der Waals surface area contributed by atoms with Gasteiger partial charge in [0.25, 0.3) is 5.78 Å². The number of hydrogen-bond acceptors (Lipinski definition) is 8. The van der Waals surface area contributed by atoms with Crippen molar-refractivity contribution in [2.24, 2.45) is 0 Å². The zero-order chi connectivity index (χ0) is 25.9. The Balaban J connectivity index is 1.51. The second-order valence-electron chi connectivity index (χ2n) is 8.43. The Kier molecular flexibility index (Phi) is 7.07. The van der Waals surface area contributed by atoms with E-state index in [1.54, 1.807) is 31.4 Å². The van der Waals surface area contributed by atoms with E-state index in [2.05, 4.69) is 34.5 Å². The predicted octanol–water partition coefficient (Wildman–Crippen LogP) is 5.77. The number of aryl methyl sites for hydroxylation is 1. The molecule has 1 unspecified atom stereocenters. The van der Waals surface area contributed by atoms with Crippen molar-refractivity contribution in [3.05, 3.63) is 107 Å². The molecular formula is C28H23N3O4S2. The molecule has 0 bridgehead atoms. The molecule has 0 saturated carbocycles. The van der Waals surface area contributed by atoms with Crippen LogP contribution in [0, 0.1) is 6.92 Å². The van der Waals surface area contributed by atoms with Crippen LogP contribution in [0.4, 0.5) is 5.13 Å². The Morgan fingerprint density at radius 2 is 1.70 bits per heavy atom. The van der Waals surface area contributed by atoms with Crippen molar-refractivity contribution in [2.75, 3.05) is 12.0 Å². The lowest BCUT2D eigenvalue weighted by atomic mass is 9.95. The molecule has 1 aliphatic rings. The third-order valence-electron chi connectivity index (χ3n) is 6.01. The smallest absolute Gasteiger partial charge is 0.301 e. The van der Waals surface area contributed by atoms with Crippen LogP contribution in [0.3, 0.4) is 0 Å². The highest BCUT2D eigenvalue weighted by molar-refractivity contribution is 8.00. The molecule has 3 aromatic carbocycles. The molecular weight excluding hydrogens is 506 g/mol. The number of anilines is 1. The summed E-state index contributed by atoms with van der Waals surface area (Å²) < 4.78 is 5.87. The van der Waals surface area contributed by atoms with Crippen molar-refractivity contribution >= 4 is 45.7 Å². The van der Waals surface area contributed by atoms with E-state index in [4.69, 9.17) is 4.74 Å². The average molecular weight is 530 g/mol. The Hall–Kier alpha value is -3.95. The van der Waals surface area contributed by atoms with Crippen molar-refractivity contribution in [1.82, 2.24) is 10.2 Å². The van der Waals surface area contributed by atoms with Gasteiger partial charge in [0.2, 0.25) is 5.13 Å². The number of thioether (sulfide) groups is 1. The van der Waals surface area contributed by atoms with Gasteiger partial charge >= 0.3 is 5.91 Å². The third kappa shape index (κ3) is 5.00. The van der Waals surface area contributed by atoms with E-state index < -0.39 is 17.7 Å². The predicted molar refractivity (Wildman–Crippen MR) is 145 cm³/mol. The van der Waals surface area contributed by atoms with Crippen LogP contribution < -0.4 is 9.64 Å². The fraction of sp³-hybridized carbons (Fsp3) is 0.143. The van der Waals surface area contributed by atoms with Gasteiger partial charge in [0.1, 0.15) is 11.5 Å². The second-order valence-corrected chi connectivity index (χ2v) is 10.6. The van der Waals surface area contributed by atoms with E-state index >= 15 is 0 Å². The molecule has 2 heterocycles. The van der Waals surface area contributed by atoms with Gasteiger partial charge in [-0.2, -0.15) is 0 Å². The Morgan fingerprint density at radius 3 is 2.38 bits per heavy atom. The van der Waals surface area contributed by atoms with Gasteiger partial charge in [-0.3, -0.25) is 14.5 Å². The number of carbonyl (C=O) groups excluding carboxylic acids is 2. The number of benzene rings is 3. The van der Waals surface area contributed by atoms with Crippen LogP contribution in [-0.2, 0) is 15.3 Å². The lowest BCUT2D eigenvalue weighted by Gasteiger charge is -2.22. The van der Waals surface area contributed by atoms with Crippen LogP contribution >= 0.6 is 23.1 Å². The van der Waals surface area contributed by atoms with Gasteiger partial charge in [0.15, 0.2) is 4.34 Å². The number of Topliss-reactive ketones (excluding diaryl/α,β-unsaturated/α-hetero) is 1. The largest absolute Gasteiger partial charge is 0.507 e. The highest BCUT2D eigenvalue weighted by Crippen LogP contribution is 2.44. The molecule has 1 fully saturated rings. The molecule has 1 atom stereocenters. The minimum Gasteiger partial charge on any atom is -0.507 e. The molecule has 4 aromatic rings. The standard InChI is InChI=1S/C28H23N3O4S2/c1-17-8-10-18(11-9-17)16-36-28-30-29-27(37-28)31-23(19-6-4-3-5-7-19)22(25(33)26(31)34)24(32)20-12-14-21(35-2)15-13-20/h3-15,23,32H,16H2,1-2H3/b24-22-. The first-order valence-corrected chi connectivity index (χ1v) is 13.3. The number of hydrogen-bond donors (Lipinski definition) is 1.